The summed E-state index contributed by atoms with van der Waals surface area (Å²) in [6.45, 7) is 0. The van der Waals surface area contributed by atoms with Gasteiger partial charge in [0.2, 0.25) is 0 Å². The Morgan fingerprint density at radius 2 is 2.00 bits per heavy atom. The van der Waals surface area contributed by atoms with Gasteiger partial charge < -0.3 is 0 Å². The molecule has 0 bridgehead atoms. The van der Waals surface area contributed by atoms with Crippen LogP contribution in [-0.2, 0) is 6.42 Å². The predicted octanol–water partition coefficient (Wildman–Crippen LogP) is 3.35. The summed E-state index contributed by atoms with van der Waals surface area (Å²) in [7, 11) is 0. The average Bonchev–Trinajstić information content (AvgIpc) is 2.05. The minimum absolute atomic E-state index is 0.0348. The normalized spacial score (nSPS) is 11.5. The van der Waals surface area contributed by atoms with Crippen molar-refractivity contribution in [1.29, 1.82) is 0 Å². The van der Waals surface area contributed by atoms with Crippen molar-refractivity contribution < 1.29 is 18.1 Å². The lowest BCUT2D eigenvalue weighted by Gasteiger charge is -2.06. The molecule has 15 heavy (non-hydrogen) atoms. The van der Waals surface area contributed by atoms with Crippen LogP contribution in [0.3, 0.4) is 0 Å². The number of alkyl halides is 3. The molecule has 0 unspecified atom stereocenters. The standard InChI is InChI=1S/C8H5ClF3NO2/c9-6-2-1-5(4-8(10,11)12)7(3-6)13(14)15/h1-3H,4H2. The van der Waals surface area contributed by atoms with Crippen LogP contribution < -0.4 is 0 Å². The lowest BCUT2D eigenvalue weighted by molar-refractivity contribution is -0.386. The molecule has 0 aliphatic heterocycles. The molecule has 0 atom stereocenters. The molecule has 0 heterocycles. The number of hydrogen-bond donors (Lipinski definition) is 0. The molecule has 0 amide bonds. The zero-order valence-corrected chi connectivity index (χ0v) is 7.97. The van der Waals surface area contributed by atoms with Gasteiger partial charge in [-0.2, -0.15) is 13.2 Å². The van der Waals surface area contributed by atoms with Gasteiger partial charge in [0.15, 0.2) is 0 Å². The fraction of sp³-hybridized carbons (Fsp3) is 0.250. The molecule has 1 rings (SSSR count). The van der Waals surface area contributed by atoms with Gasteiger partial charge in [-0.15, -0.1) is 0 Å². The van der Waals surface area contributed by atoms with Gasteiger partial charge in [-0.3, -0.25) is 10.1 Å². The van der Waals surface area contributed by atoms with E-state index in [1.807, 2.05) is 0 Å². The molecular formula is C8H5ClF3NO2. The summed E-state index contributed by atoms with van der Waals surface area (Å²) in [6, 6.07) is 3.10. The van der Waals surface area contributed by atoms with E-state index in [1.54, 1.807) is 0 Å². The second-order valence-corrected chi connectivity index (χ2v) is 3.26. The number of nitro groups is 1. The number of benzene rings is 1. The largest absolute Gasteiger partial charge is 0.393 e. The highest BCUT2D eigenvalue weighted by molar-refractivity contribution is 6.30. The Balaban J connectivity index is 3.12. The molecule has 1 aromatic rings. The fourth-order valence-electron chi connectivity index (χ4n) is 1.07. The van der Waals surface area contributed by atoms with Crippen LogP contribution in [0, 0.1) is 10.1 Å². The van der Waals surface area contributed by atoms with Crippen LogP contribution >= 0.6 is 11.6 Å². The van der Waals surface area contributed by atoms with Gasteiger partial charge in [0, 0.05) is 16.7 Å². The van der Waals surface area contributed by atoms with Crippen LogP contribution in [0.2, 0.25) is 5.02 Å². The Kier molecular flexibility index (Phi) is 3.18. The second kappa shape index (κ2) is 4.06. The number of rotatable bonds is 2. The summed E-state index contributed by atoms with van der Waals surface area (Å²) in [6.07, 6.45) is -5.81. The maximum absolute atomic E-state index is 12.0. The van der Waals surface area contributed by atoms with Crippen LogP contribution in [0.1, 0.15) is 5.56 Å². The lowest BCUT2D eigenvalue weighted by atomic mass is 10.1. The van der Waals surface area contributed by atoms with E-state index in [2.05, 4.69) is 0 Å². The Bertz CT molecular complexity index is 392. The van der Waals surface area contributed by atoms with Crippen molar-refractivity contribution in [2.45, 2.75) is 12.6 Å². The molecule has 0 fully saturated rings. The van der Waals surface area contributed by atoms with Gasteiger partial charge in [0.25, 0.3) is 5.69 Å². The van der Waals surface area contributed by atoms with Crippen LogP contribution in [0.5, 0.6) is 0 Å². The molecule has 0 aromatic heterocycles. The number of halogens is 4. The molecule has 0 radical (unpaired) electrons. The fourth-order valence-corrected chi connectivity index (χ4v) is 1.24. The molecule has 0 saturated carbocycles. The van der Waals surface area contributed by atoms with Crippen molar-refractivity contribution >= 4 is 17.3 Å². The highest BCUT2D eigenvalue weighted by atomic mass is 35.5. The maximum Gasteiger partial charge on any atom is 0.393 e. The van der Waals surface area contributed by atoms with E-state index in [9.17, 15) is 23.3 Å². The van der Waals surface area contributed by atoms with Gasteiger partial charge in [-0.05, 0) is 6.07 Å². The SMILES string of the molecule is O=[N+]([O-])c1cc(Cl)ccc1CC(F)(F)F. The molecule has 0 N–H and O–H groups in total. The van der Waals surface area contributed by atoms with Gasteiger partial charge in [-0.1, -0.05) is 17.7 Å². The van der Waals surface area contributed by atoms with Gasteiger partial charge in [0.05, 0.1) is 11.3 Å². The van der Waals surface area contributed by atoms with Crippen molar-refractivity contribution in [1.82, 2.24) is 0 Å². The molecule has 0 saturated heterocycles. The second-order valence-electron chi connectivity index (χ2n) is 2.82. The zero-order valence-electron chi connectivity index (χ0n) is 7.21. The smallest absolute Gasteiger partial charge is 0.258 e. The Hall–Kier alpha value is -1.30. The molecule has 0 aliphatic rings. The van der Waals surface area contributed by atoms with Crippen LogP contribution in [0.15, 0.2) is 18.2 Å². The first kappa shape index (κ1) is 11.8. The molecule has 0 spiro atoms. The summed E-state index contributed by atoms with van der Waals surface area (Å²) in [5.74, 6) is 0. The predicted molar refractivity (Wildman–Crippen MR) is 47.9 cm³/mol. The van der Waals surface area contributed by atoms with Crippen molar-refractivity contribution in [3.63, 3.8) is 0 Å². The van der Waals surface area contributed by atoms with E-state index in [0.717, 1.165) is 12.1 Å². The van der Waals surface area contributed by atoms with Crippen molar-refractivity contribution in [2.24, 2.45) is 0 Å². The average molecular weight is 240 g/mol. The summed E-state index contributed by atoms with van der Waals surface area (Å²) in [4.78, 5) is 9.56. The minimum atomic E-state index is -4.47. The molecule has 0 aliphatic carbocycles. The molecule has 82 valence electrons. The first-order chi connectivity index (χ1) is 6.79. The summed E-state index contributed by atoms with van der Waals surface area (Å²) in [5.41, 5.74) is -1.00. The first-order valence-corrected chi connectivity index (χ1v) is 4.17. The lowest BCUT2D eigenvalue weighted by Crippen LogP contribution is -2.12. The third kappa shape index (κ3) is 3.39. The van der Waals surface area contributed by atoms with E-state index in [0.29, 0.717) is 0 Å². The summed E-state index contributed by atoms with van der Waals surface area (Å²) >= 11 is 5.45. The topological polar surface area (TPSA) is 43.1 Å². The van der Waals surface area contributed by atoms with E-state index >= 15 is 0 Å². The summed E-state index contributed by atoms with van der Waals surface area (Å²) < 4.78 is 36.1. The van der Waals surface area contributed by atoms with Crippen LogP contribution in [-0.4, -0.2) is 11.1 Å². The number of hydrogen-bond acceptors (Lipinski definition) is 2. The Morgan fingerprint density at radius 1 is 1.40 bits per heavy atom. The van der Waals surface area contributed by atoms with Gasteiger partial charge in [-0.25, -0.2) is 0 Å². The third-order valence-electron chi connectivity index (χ3n) is 1.63. The van der Waals surface area contributed by atoms with E-state index in [1.165, 1.54) is 6.07 Å². The van der Waals surface area contributed by atoms with Gasteiger partial charge >= 0.3 is 6.18 Å². The summed E-state index contributed by atoms with van der Waals surface area (Å²) in [5, 5.41) is 10.5. The van der Waals surface area contributed by atoms with Crippen molar-refractivity contribution in [2.75, 3.05) is 0 Å². The number of nitro benzene ring substituents is 1. The zero-order chi connectivity index (χ0) is 11.6. The highest BCUT2D eigenvalue weighted by Gasteiger charge is 2.31. The Labute approximate surface area is 87.6 Å². The molecule has 1 aromatic carbocycles. The Morgan fingerprint density at radius 3 is 2.47 bits per heavy atom. The number of nitrogens with zero attached hydrogens (tertiary/aromatic N) is 1. The monoisotopic (exact) mass is 239 g/mol. The molecular weight excluding hydrogens is 235 g/mol. The first-order valence-electron chi connectivity index (χ1n) is 3.79. The van der Waals surface area contributed by atoms with E-state index in [-0.39, 0.29) is 5.02 Å². The van der Waals surface area contributed by atoms with Crippen LogP contribution in [0.25, 0.3) is 0 Å². The van der Waals surface area contributed by atoms with Crippen molar-refractivity contribution in [3.8, 4) is 0 Å². The van der Waals surface area contributed by atoms with Crippen molar-refractivity contribution in [3.05, 3.63) is 38.9 Å². The van der Waals surface area contributed by atoms with E-state index in [4.69, 9.17) is 11.6 Å². The van der Waals surface area contributed by atoms with Gasteiger partial charge in [0.1, 0.15) is 0 Å². The molecule has 3 nitrogen and oxygen atoms in total. The maximum atomic E-state index is 12.0. The minimum Gasteiger partial charge on any atom is -0.258 e. The van der Waals surface area contributed by atoms with Crippen LogP contribution in [0.4, 0.5) is 18.9 Å². The van der Waals surface area contributed by atoms with E-state index < -0.39 is 28.8 Å². The third-order valence-corrected chi connectivity index (χ3v) is 1.87. The molecule has 7 heteroatoms. The highest BCUT2D eigenvalue weighted by Crippen LogP contribution is 2.29. The quantitative estimate of drug-likeness (QED) is 0.587.